The lowest BCUT2D eigenvalue weighted by Crippen LogP contribution is -2.13. The number of nitrogens with one attached hydrogen (secondary N) is 1. The lowest BCUT2D eigenvalue weighted by molar-refractivity contribution is 0.173. The molecule has 1 atom stereocenters. The van der Waals surface area contributed by atoms with Gasteiger partial charge < -0.3 is 5.11 Å². The van der Waals surface area contributed by atoms with E-state index >= 15 is 0 Å². The van der Waals surface area contributed by atoms with E-state index in [9.17, 15) is 13.5 Å². The van der Waals surface area contributed by atoms with Crippen molar-refractivity contribution in [3.05, 3.63) is 40.4 Å². The molecule has 2 N–H and O–H groups in total. The average Bonchev–Trinajstić information content (AvgIpc) is 2.75. The van der Waals surface area contributed by atoms with Gasteiger partial charge in [-0.15, -0.1) is 11.3 Å². The van der Waals surface area contributed by atoms with Crippen molar-refractivity contribution < 1.29 is 13.5 Å². The lowest BCUT2D eigenvalue weighted by atomic mass is 10.1. The van der Waals surface area contributed by atoms with Crippen LogP contribution in [0.5, 0.6) is 0 Å². The van der Waals surface area contributed by atoms with Gasteiger partial charge in [-0.1, -0.05) is 19.1 Å². The molecule has 114 valence electrons. The minimum atomic E-state index is -3.69. The number of sulfonamides is 1. The van der Waals surface area contributed by atoms with Gasteiger partial charge in [-0.3, -0.25) is 4.72 Å². The van der Waals surface area contributed by atoms with Crippen LogP contribution < -0.4 is 4.72 Å². The summed E-state index contributed by atoms with van der Waals surface area (Å²) >= 11 is 1.30. The van der Waals surface area contributed by atoms with Gasteiger partial charge in [-0.05, 0) is 38.0 Å². The van der Waals surface area contributed by atoms with Crippen molar-refractivity contribution in [2.45, 2.75) is 38.2 Å². The Hall–Kier alpha value is -1.44. The maximum absolute atomic E-state index is 12.4. The maximum atomic E-state index is 12.4. The Balaban J connectivity index is 2.31. The van der Waals surface area contributed by atoms with Crippen LogP contribution in [0.4, 0.5) is 5.13 Å². The highest BCUT2D eigenvalue weighted by Crippen LogP contribution is 2.25. The van der Waals surface area contributed by atoms with Crippen molar-refractivity contribution in [2.75, 3.05) is 4.72 Å². The Labute approximate surface area is 128 Å². The van der Waals surface area contributed by atoms with E-state index in [0.29, 0.717) is 17.1 Å². The van der Waals surface area contributed by atoms with Crippen LogP contribution in [0.3, 0.4) is 0 Å². The molecule has 0 saturated heterocycles. The van der Waals surface area contributed by atoms with Crippen LogP contribution in [0.2, 0.25) is 0 Å². The molecule has 1 aromatic heterocycles. The molecule has 0 radical (unpaired) electrons. The van der Waals surface area contributed by atoms with E-state index in [1.54, 1.807) is 12.1 Å². The number of aliphatic hydroxyl groups excluding tert-OH is 1. The number of thiazole rings is 1. The molecule has 5 nitrogen and oxygen atoms in total. The predicted molar refractivity (Wildman–Crippen MR) is 84.1 cm³/mol. The van der Waals surface area contributed by atoms with Gasteiger partial charge in [0.2, 0.25) is 0 Å². The molecule has 0 saturated carbocycles. The van der Waals surface area contributed by atoms with Crippen LogP contribution in [0.25, 0.3) is 0 Å². The number of benzene rings is 1. The molecule has 0 spiro atoms. The van der Waals surface area contributed by atoms with Crippen molar-refractivity contribution >= 4 is 26.5 Å². The quantitative estimate of drug-likeness (QED) is 0.885. The molecule has 0 aliphatic rings. The number of aromatic nitrogens is 1. The normalized spacial score (nSPS) is 13.1. The summed E-state index contributed by atoms with van der Waals surface area (Å²) in [5.74, 6) is 0. The number of aryl methyl sites for hydroxylation is 2. The molecule has 2 aromatic rings. The molecule has 0 aliphatic heterocycles. The molecule has 0 bridgehead atoms. The minimum absolute atomic E-state index is 0.123. The maximum Gasteiger partial charge on any atom is 0.263 e. The van der Waals surface area contributed by atoms with Crippen LogP contribution in [0.15, 0.2) is 29.2 Å². The number of hydrogen-bond donors (Lipinski definition) is 2. The molecule has 7 heteroatoms. The Morgan fingerprint density at radius 3 is 2.67 bits per heavy atom. The number of anilines is 1. The summed E-state index contributed by atoms with van der Waals surface area (Å²) in [5, 5.41) is 10.2. The van der Waals surface area contributed by atoms with Crippen LogP contribution in [-0.4, -0.2) is 18.5 Å². The fraction of sp³-hybridized carbons (Fsp3) is 0.357. The third-order valence-electron chi connectivity index (χ3n) is 3.19. The van der Waals surface area contributed by atoms with Crippen molar-refractivity contribution in [3.8, 4) is 0 Å². The third-order valence-corrected chi connectivity index (χ3v) is 5.64. The Bertz CT molecular complexity index is 719. The molecule has 1 unspecified atom stereocenters. The SMILES string of the molecule is CCC(O)c1cccc(S(=O)(=O)Nc2nc(C)c(C)s2)c1. The highest BCUT2D eigenvalue weighted by Gasteiger charge is 2.18. The zero-order chi connectivity index (χ0) is 15.6. The third kappa shape index (κ3) is 3.61. The van der Waals surface area contributed by atoms with E-state index in [1.165, 1.54) is 23.5 Å². The molecule has 0 amide bonds. The highest BCUT2D eigenvalue weighted by atomic mass is 32.2. The molecule has 0 fully saturated rings. The second-order valence-electron chi connectivity index (χ2n) is 4.76. The molecule has 1 aromatic carbocycles. The van der Waals surface area contributed by atoms with E-state index in [2.05, 4.69) is 9.71 Å². The van der Waals surface area contributed by atoms with E-state index < -0.39 is 16.1 Å². The molecule has 0 aliphatic carbocycles. The fourth-order valence-electron chi connectivity index (χ4n) is 1.81. The van der Waals surface area contributed by atoms with Gasteiger partial charge in [-0.25, -0.2) is 13.4 Å². The predicted octanol–water partition coefficient (Wildman–Crippen LogP) is 3.00. The summed E-state index contributed by atoms with van der Waals surface area (Å²) in [6, 6.07) is 6.33. The van der Waals surface area contributed by atoms with Gasteiger partial charge in [0.25, 0.3) is 10.0 Å². The summed E-state index contributed by atoms with van der Waals surface area (Å²) in [6.07, 6.45) is -0.133. The minimum Gasteiger partial charge on any atom is -0.388 e. The Morgan fingerprint density at radius 2 is 2.10 bits per heavy atom. The van der Waals surface area contributed by atoms with Crippen LogP contribution >= 0.6 is 11.3 Å². The Morgan fingerprint density at radius 1 is 1.38 bits per heavy atom. The summed E-state index contributed by atoms with van der Waals surface area (Å²) in [4.78, 5) is 5.27. The number of nitrogens with zero attached hydrogens (tertiary/aromatic N) is 1. The molecular weight excluding hydrogens is 308 g/mol. The topological polar surface area (TPSA) is 79.3 Å². The summed E-state index contributed by atoms with van der Waals surface area (Å²) < 4.78 is 27.2. The summed E-state index contributed by atoms with van der Waals surface area (Å²) in [7, 11) is -3.69. The van der Waals surface area contributed by atoms with E-state index in [0.717, 1.165) is 10.6 Å². The first kappa shape index (κ1) is 15.9. The second-order valence-corrected chi connectivity index (χ2v) is 7.65. The first-order chi connectivity index (χ1) is 9.83. The van der Waals surface area contributed by atoms with Gasteiger partial charge in [0, 0.05) is 4.88 Å². The largest absolute Gasteiger partial charge is 0.388 e. The molecular formula is C14H18N2O3S2. The first-order valence-corrected chi connectivity index (χ1v) is 8.88. The van der Waals surface area contributed by atoms with Crippen molar-refractivity contribution in [1.82, 2.24) is 4.98 Å². The van der Waals surface area contributed by atoms with Crippen molar-refractivity contribution in [2.24, 2.45) is 0 Å². The zero-order valence-corrected chi connectivity index (χ0v) is 13.8. The van der Waals surface area contributed by atoms with E-state index in [-0.39, 0.29) is 4.90 Å². The highest BCUT2D eigenvalue weighted by molar-refractivity contribution is 7.93. The molecule has 1 heterocycles. The smallest absolute Gasteiger partial charge is 0.263 e. The first-order valence-electron chi connectivity index (χ1n) is 6.58. The summed E-state index contributed by atoms with van der Waals surface area (Å²) in [6.45, 7) is 5.57. The fourth-order valence-corrected chi connectivity index (χ4v) is 3.92. The number of hydrogen-bond acceptors (Lipinski definition) is 5. The second kappa shape index (κ2) is 6.13. The monoisotopic (exact) mass is 326 g/mol. The van der Waals surface area contributed by atoms with Crippen LogP contribution in [0.1, 0.15) is 35.6 Å². The number of rotatable bonds is 5. The van der Waals surface area contributed by atoms with Crippen LogP contribution in [-0.2, 0) is 10.0 Å². The standard InChI is InChI=1S/C14H18N2O3S2/c1-4-13(17)11-6-5-7-12(8-11)21(18,19)16-14-15-9(2)10(3)20-14/h5-8,13,17H,4H2,1-3H3,(H,15,16). The lowest BCUT2D eigenvalue weighted by Gasteiger charge is -2.10. The number of aliphatic hydroxyl groups is 1. The van der Waals surface area contributed by atoms with Gasteiger partial charge in [0.05, 0.1) is 16.7 Å². The summed E-state index contributed by atoms with van der Waals surface area (Å²) in [5.41, 5.74) is 1.40. The van der Waals surface area contributed by atoms with E-state index in [4.69, 9.17) is 0 Å². The van der Waals surface area contributed by atoms with Crippen molar-refractivity contribution in [3.63, 3.8) is 0 Å². The van der Waals surface area contributed by atoms with Gasteiger partial charge >= 0.3 is 0 Å². The van der Waals surface area contributed by atoms with Gasteiger partial charge in [0.15, 0.2) is 5.13 Å². The van der Waals surface area contributed by atoms with Crippen molar-refractivity contribution in [1.29, 1.82) is 0 Å². The van der Waals surface area contributed by atoms with E-state index in [1.807, 2.05) is 20.8 Å². The van der Waals surface area contributed by atoms with Gasteiger partial charge in [-0.2, -0.15) is 0 Å². The molecule has 21 heavy (non-hydrogen) atoms. The molecule has 2 rings (SSSR count). The van der Waals surface area contributed by atoms with Gasteiger partial charge in [0.1, 0.15) is 0 Å². The Kier molecular flexibility index (Phi) is 4.65. The zero-order valence-electron chi connectivity index (χ0n) is 12.1. The average molecular weight is 326 g/mol. The van der Waals surface area contributed by atoms with Crippen LogP contribution in [0, 0.1) is 13.8 Å².